The quantitative estimate of drug-likeness (QED) is 0.710. The lowest BCUT2D eigenvalue weighted by Crippen LogP contribution is -2.37. The minimum absolute atomic E-state index is 0.0302. The van der Waals surface area contributed by atoms with Crippen LogP contribution in [0.2, 0.25) is 0 Å². The van der Waals surface area contributed by atoms with Gasteiger partial charge in [-0.2, -0.15) is 0 Å². The number of carboxylic acid groups (broad SMARTS) is 1. The molecule has 2 aromatic rings. The van der Waals surface area contributed by atoms with Crippen LogP contribution < -0.4 is 5.32 Å². The summed E-state index contributed by atoms with van der Waals surface area (Å²) in [4.78, 5) is 30.0. The summed E-state index contributed by atoms with van der Waals surface area (Å²) >= 11 is 0. The van der Waals surface area contributed by atoms with Crippen molar-refractivity contribution in [1.29, 1.82) is 0 Å². The third-order valence-corrected chi connectivity index (χ3v) is 5.46. The number of carbonyl (C=O) groups excluding carboxylic acids is 1. The summed E-state index contributed by atoms with van der Waals surface area (Å²) in [6.07, 6.45) is 5.00. The molecule has 6 heteroatoms. The number of piperidine rings is 1. The molecule has 1 aromatic heterocycles. The summed E-state index contributed by atoms with van der Waals surface area (Å²) < 4.78 is 0. The second-order valence-corrected chi connectivity index (χ2v) is 7.87. The number of anilines is 1. The topological polar surface area (TPSA) is 82.5 Å². The van der Waals surface area contributed by atoms with Crippen LogP contribution in [0.3, 0.4) is 0 Å². The van der Waals surface area contributed by atoms with Crippen LogP contribution >= 0.6 is 0 Å². The highest BCUT2D eigenvalue weighted by Crippen LogP contribution is 2.19. The zero-order chi connectivity index (χ0) is 20.6. The van der Waals surface area contributed by atoms with Crippen LogP contribution in [0.15, 0.2) is 48.7 Å². The SMILES string of the molecule is CC1CCN(C(=O)c2ccc(NC(CCC(=O)O)Cc3ccccc3)nc2)CC1. The van der Waals surface area contributed by atoms with E-state index in [0.717, 1.165) is 31.5 Å². The van der Waals surface area contributed by atoms with Crippen molar-refractivity contribution in [3.63, 3.8) is 0 Å². The van der Waals surface area contributed by atoms with Crippen LogP contribution in [0.1, 0.15) is 48.5 Å². The number of rotatable bonds is 8. The van der Waals surface area contributed by atoms with Crippen molar-refractivity contribution in [3.8, 4) is 0 Å². The van der Waals surface area contributed by atoms with Crippen molar-refractivity contribution >= 4 is 17.7 Å². The summed E-state index contributed by atoms with van der Waals surface area (Å²) in [6, 6.07) is 13.5. The Morgan fingerprint density at radius 2 is 1.90 bits per heavy atom. The van der Waals surface area contributed by atoms with Gasteiger partial charge in [-0.25, -0.2) is 4.98 Å². The summed E-state index contributed by atoms with van der Waals surface area (Å²) in [7, 11) is 0. The lowest BCUT2D eigenvalue weighted by molar-refractivity contribution is -0.137. The molecule has 0 aliphatic carbocycles. The summed E-state index contributed by atoms with van der Waals surface area (Å²) in [5, 5.41) is 12.4. The summed E-state index contributed by atoms with van der Waals surface area (Å²) in [5.41, 5.74) is 1.73. The van der Waals surface area contributed by atoms with Crippen molar-refractivity contribution in [1.82, 2.24) is 9.88 Å². The van der Waals surface area contributed by atoms with Gasteiger partial charge in [-0.15, -0.1) is 0 Å². The average Bonchev–Trinajstić information content (AvgIpc) is 2.73. The molecule has 1 aliphatic rings. The van der Waals surface area contributed by atoms with Crippen LogP contribution in [0.25, 0.3) is 0 Å². The van der Waals surface area contributed by atoms with Crippen LogP contribution in [-0.4, -0.2) is 46.0 Å². The number of nitrogens with one attached hydrogen (secondary N) is 1. The fourth-order valence-corrected chi connectivity index (χ4v) is 3.63. The number of carbonyl (C=O) groups is 2. The number of pyridine rings is 1. The largest absolute Gasteiger partial charge is 0.481 e. The predicted octanol–water partition coefficient (Wildman–Crippen LogP) is 3.84. The fourth-order valence-electron chi connectivity index (χ4n) is 3.63. The Morgan fingerprint density at radius 1 is 1.17 bits per heavy atom. The van der Waals surface area contributed by atoms with Crippen molar-refractivity contribution < 1.29 is 14.7 Å². The smallest absolute Gasteiger partial charge is 0.303 e. The molecule has 154 valence electrons. The Labute approximate surface area is 172 Å². The van der Waals surface area contributed by atoms with Gasteiger partial charge in [0.25, 0.3) is 5.91 Å². The van der Waals surface area contributed by atoms with Gasteiger partial charge in [0, 0.05) is 31.7 Å². The molecule has 0 bridgehead atoms. The Hall–Kier alpha value is -2.89. The molecule has 1 saturated heterocycles. The van der Waals surface area contributed by atoms with Crippen molar-refractivity contribution in [2.45, 2.75) is 45.1 Å². The van der Waals surface area contributed by atoms with Gasteiger partial charge in [-0.3, -0.25) is 9.59 Å². The molecule has 0 spiro atoms. The monoisotopic (exact) mass is 395 g/mol. The van der Waals surface area contributed by atoms with Gasteiger partial charge in [0.2, 0.25) is 0 Å². The highest BCUT2D eigenvalue weighted by atomic mass is 16.4. The van der Waals surface area contributed by atoms with E-state index < -0.39 is 5.97 Å². The molecule has 29 heavy (non-hydrogen) atoms. The van der Waals surface area contributed by atoms with E-state index in [0.29, 0.717) is 30.1 Å². The normalized spacial score (nSPS) is 15.7. The number of benzene rings is 1. The Morgan fingerprint density at radius 3 is 2.52 bits per heavy atom. The molecule has 6 nitrogen and oxygen atoms in total. The van der Waals surface area contributed by atoms with Gasteiger partial charge in [0.15, 0.2) is 0 Å². The van der Waals surface area contributed by atoms with Gasteiger partial charge in [0.1, 0.15) is 5.82 Å². The number of carboxylic acids is 1. The van der Waals surface area contributed by atoms with E-state index >= 15 is 0 Å². The first-order chi connectivity index (χ1) is 14.0. The first kappa shape index (κ1) is 20.8. The number of hydrogen-bond acceptors (Lipinski definition) is 4. The number of hydrogen-bond donors (Lipinski definition) is 2. The molecule has 2 heterocycles. The van der Waals surface area contributed by atoms with Crippen molar-refractivity contribution in [3.05, 3.63) is 59.8 Å². The number of aromatic nitrogens is 1. The second kappa shape index (κ2) is 10.0. The van der Waals surface area contributed by atoms with E-state index in [2.05, 4.69) is 17.2 Å². The lowest BCUT2D eigenvalue weighted by Gasteiger charge is -2.30. The van der Waals surface area contributed by atoms with Gasteiger partial charge in [-0.05, 0) is 49.3 Å². The standard InChI is InChI=1S/C23H29N3O3/c1-17-11-13-26(14-12-17)23(29)19-7-9-21(24-16-19)25-20(8-10-22(27)28)15-18-5-3-2-4-6-18/h2-7,9,16-17,20H,8,10-15H2,1H3,(H,24,25)(H,27,28). The van der Waals surface area contributed by atoms with Crippen LogP contribution in [0.4, 0.5) is 5.82 Å². The molecule has 1 aliphatic heterocycles. The van der Waals surface area contributed by atoms with E-state index in [1.54, 1.807) is 18.3 Å². The van der Waals surface area contributed by atoms with Crippen LogP contribution in [0.5, 0.6) is 0 Å². The van der Waals surface area contributed by atoms with E-state index in [9.17, 15) is 9.59 Å². The molecular formula is C23H29N3O3. The molecular weight excluding hydrogens is 366 g/mol. The number of nitrogens with zero attached hydrogens (tertiary/aromatic N) is 2. The second-order valence-electron chi connectivity index (χ2n) is 7.87. The highest BCUT2D eigenvalue weighted by Gasteiger charge is 2.21. The maximum Gasteiger partial charge on any atom is 0.303 e. The minimum atomic E-state index is -0.811. The molecule has 0 radical (unpaired) electrons. The predicted molar refractivity (Wildman–Crippen MR) is 113 cm³/mol. The molecule has 1 amide bonds. The van der Waals surface area contributed by atoms with Gasteiger partial charge in [0.05, 0.1) is 5.56 Å². The molecule has 2 N–H and O–H groups in total. The van der Waals surface area contributed by atoms with Crippen LogP contribution in [-0.2, 0) is 11.2 Å². The third-order valence-electron chi connectivity index (χ3n) is 5.46. The Kier molecular flexibility index (Phi) is 7.22. The average molecular weight is 396 g/mol. The van der Waals surface area contributed by atoms with E-state index in [1.165, 1.54) is 0 Å². The van der Waals surface area contributed by atoms with Gasteiger partial charge < -0.3 is 15.3 Å². The molecule has 3 rings (SSSR count). The third kappa shape index (κ3) is 6.31. The lowest BCUT2D eigenvalue weighted by atomic mass is 9.99. The van der Waals surface area contributed by atoms with Crippen molar-refractivity contribution in [2.24, 2.45) is 5.92 Å². The van der Waals surface area contributed by atoms with E-state index in [4.69, 9.17) is 5.11 Å². The Bertz CT molecular complexity index is 800. The van der Waals surface area contributed by atoms with Gasteiger partial charge in [-0.1, -0.05) is 37.3 Å². The molecule has 1 atom stereocenters. The van der Waals surface area contributed by atoms with Crippen LogP contribution in [0, 0.1) is 5.92 Å². The maximum atomic E-state index is 12.7. The first-order valence-electron chi connectivity index (χ1n) is 10.3. The molecule has 1 unspecified atom stereocenters. The fraction of sp³-hybridized carbons (Fsp3) is 0.435. The van der Waals surface area contributed by atoms with E-state index in [1.807, 2.05) is 35.2 Å². The maximum absolute atomic E-state index is 12.7. The zero-order valence-corrected chi connectivity index (χ0v) is 16.9. The summed E-state index contributed by atoms with van der Waals surface area (Å²) in [6.45, 7) is 3.82. The zero-order valence-electron chi connectivity index (χ0n) is 16.9. The number of likely N-dealkylation sites (tertiary alicyclic amines) is 1. The molecule has 1 fully saturated rings. The highest BCUT2D eigenvalue weighted by molar-refractivity contribution is 5.94. The Balaban J connectivity index is 1.63. The molecule has 1 aromatic carbocycles. The number of amides is 1. The minimum Gasteiger partial charge on any atom is -0.481 e. The van der Waals surface area contributed by atoms with Crippen molar-refractivity contribution in [2.75, 3.05) is 18.4 Å². The first-order valence-corrected chi connectivity index (χ1v) is 10.3. The number of aliphatic carboxylic acids is 1. The van der Waals surface area contributed by atoms with Gasteiger partial charge >= 0.3 is 5.97 Å². The molecule has 0 saturated carbocycles. The summed E-state index contributed by atoms with van der Waals surface area (Å²) in [5.74, 6) is 0.550. The van der Waals surface area contributed by atoms with E-state index in [-0.39, 0.29) is 18.4 Å².